The van der Waals surface area contributed by atoms with Crippen molar-refractivity contribution < 1.29 is 18.8 Å². The van der Waals surface area contributed by atoms with Gasteiger partial charge in [-0.25, -0.2) is 0 Å². The maximum absolute atomic E-state index is 12.3. The maximum atomic E-state index is 12.3. The lowest BCUT2D eigenvalue weighted by Crippen LogP contribution is -2.16. The third-order valence-electron chi connectivity index (χ3n) is 2.95. The largest absolute Gasteiger partial charge is 0.446 e. The molecule has 1 aromatic heterocycles. The minimum absolute atomic E-state index is 0.186. The van der Waals surface area contributed by atoms with Crippen molar-refractivity contribution >= 4 is 44.9 Å². The Morgan fingerprint density at radius 2 is 1.76 bits per heavy atom. The fourth-order valence-electron chi connectivity index (χ4n) is 2.01. The molecule has 0 aliphatic carbocycles. The number of carbonyl (C=O) groups excluding carboxylic acids is 3. The molecule has 1 aromatic carbocycles. The van der Waals surface area contributed by atoms with E-state index in [1.54, 1.807) is 24.3 Å². The van der Waals surface area contributed by atoms with Gasteiger partial charge >= 0.3 is 0 Å². The molecule has 1 aliphatic heterocycles. The van der Waals surface area contributed by atoms with E-state index in [-0.39, 0.29) is 23.9 Å². The third-order valence-corrected chi connectivity index (χ3v) is 3.37. The van der Waals surface area contributed by atoms with Crippen LogP contribution < -0.4 is 10.6 Å². The summed E-state index contributed by atoms with van der Waals surface area (Å²) in [6, 6.07) is 7.83. The molecule has 6 nitrogen and oxygen atoms in total. The zero-order valence-electron chi connectivity index (χ0n) is 10.6. The summed E-state index contributed by atoms with van der Waals surface area (Å²) in [6.45, 7) is 0. The summed E-state index contributed by atoms with van der Waals surface area (Å²) in [5.74, 6) is -0.934. The fourth-order valence-corrected chi connectivity index (χ4v) is 2.32. The smallest absolute Gasteiger partial charge is 0.233 e. The van der Waals surface area contributed by atoms with E-state index in [0.717, 1.165) is 0 Å². The number of nitrogens with one attached hydrogen (secondary N) is 2. The van der Waals surface area contributed by atoms with Crippen LogP contribution in [-0.2, 0) is 9.59 Å². The average molecular weight is 349 g/mol. The average Bonchev–Trinajstić information content (AvgIpc) is 2.79. The number of anilines is 2. The maximum Gasteiger partial charge on any atom is 0.233 e. The molecular formula is C14H9BrN2O4. The van der Waals surface area contributed by atoms with Gasteiger partial charge in [0.25, 0.3) is 0 Å². The van der Waals surface area contributed by atoms with Crippen molar-refractivity contribution in [2.45, 2.75) is 6.42 Å². The molecule has 0 fully saturated rings. The van der Waals surface area contributed by atoms with E-state index in [4.69, 9.17) is 4.42 Å². The molecule has 0 spiro atoms. The van der Waals surface area contributed by atoms with Crippen molar-refractivity contribution in [3.05, 3.63) is 46.3 Å². The Kier molecular flexibility index (Phi) is 3.34. The van der Waals surface area contributed by atoms with Crippen LogP contribution in [-0.4, -0.2) is 17.6 Å². The summed E-state index contributed by atoms with van der Waals surface area (Å²) in [7, 11) is 0. The molecule has 2 aromatic rings. The first kappa shape index (κ1) is 13.6. The predicted octanol–water partition coefficient (Wildman–Crippen LogP) is 2.55. The van der Waals surface area contributed by atoms with Crippen molar-refractivity contribution in [2.24, 2.45) is 0 Å². The number of hydrogen-bond donors (Lipinski definition) is 2. The van der Waals surface area contributed by atoms with E-state index < -0.39 is 5.91 Å². The first-order chi connectivity index (χ1) is 10.0. The number of hydrogen-bond acceptors (Lipinski definition) is 4. The number of amides is 2. The van der Waals surface area contributed by atoms with E-state index >= 15 is 0 Å². The van der Waals surface area contributed by atoms with Gasteiger partial charge in [0.1, 0.15) is 6.42 Å². The second-order valence-electron chi connectivity index (χ2n) is 4.47. The highest BCUT2D eigenvalue weighted by atomic mass is 79.9. The number of benzene rings is 1. The second-order valence-corrected chi connectivity index (χ2v) is 5.25. The van der Waals surface area contributed by atoms with Gasteiger partial charge in [0, 0.05) is 5.56 Å². The SMILES string of the molecule is O=C1CC(=O)Nc2cc(C(=O)c3ccc(Br)o3)ccc2N1. The van der Waals surface area contributed by atoms with Crippen LogP contribution in [0.4, 0.5) is 11.4 Å². The van der Waals surface area contributed by atoms with Crippen LogP contribution in [0.5, 0.6) is 0 Å². The first-order valence-corrected chi connectivity index (χ1v) is 6.86. The summed E-state index contributed by atoms with van der Waals surface area (Å²) in [6.07, 6.45) is -0.247. The summed E-state index contributed by atoms with van der Waals surface area (Å²) >= 11 is 3.13. The Morgan fingerprint density at radius 1 is 1.05 bits per heavy atom. The third kappa shape index (κ3) is 2.73. The van der Waals surface area contributed by atoms with Gasteiger partial charge in [0.05, 0.1) is 11.4 Å². The van der Waals surface area contributed by atoms with E-state index in [1.165, 1.54) is 6.07 Å². The molecule has 0 bridgehead atoms. The van der Waals surface area contributed by atoms with Crippen LogP contribution >= 0.6 is 15.9 Å². The predicted molar refractivity (Wildman–Crippen MR) is 78.2 cm³/mol. The molecule has 3 rings (SSSR count). The Labute approximate surface area is 127 Å². The van der Waals surface area contributed by atoms with Crippen LogP contribution in [0.15, 0.2) is 39.4 Å². The molecule has 2 heterocycles. The van der Waals surface area contributed by atoms with Crippen LogP contribution in [0.25, 0.3) is 0 Å². The van der Waals surface area contributed by atoms with Crippen LogP contribution in [0.1, 0.15) is 22.5 Å². The Balaban J connectivity index is 1.97. The summed E-state index contributed by atoms with van der Waals surface area (Å²) < 4.78 is 5.68. The zero-order chi connectivity index (χ0) is 15.0. The van der Waals surface area contributed by atoms with Crippen LogP contribution in [0.2, 0.25) is 0 Å². The number of furan rings is 1. The summed E-state index contributed by atoms with van der Waals surface area (Å²) in [5.41, 5.74) is 1.21. The molecule has 1 aliphatic rings. The number of ketones is 1. The monoisotopic (exact) mass is 348 g/mol. The first-order valence-electron chi connectivity index (χ1n) is 6.07. The molecule has 7 heteroatoms. The standard InChI is InChI=1S/C14H9BrN2O4/c15-11-4-3-10(21-11)14(20)7-1-2-8-9(5-7)17-13(19)6-12(18)16-8/h1-5H,6H2,(H,16,18)(H,17,19). The van der Waals surface area contributed by atoms with Gasteiger partial charge in [-0.2, -0.15) is 0 Å². The molecular weight excluding hydrogens is 340 g/mol. The van der Waals surface area contributed by atoms with Crippen LogP contribution in [0, 0.1) is 0 Å². The van der Waals surface area contributed by atoms with Crippen molar-refractivity contribution in [2.75, 3.05) is 10.6 Å². The lowest BCUT2D eigenvalue weighted by atomic mass is 10.1. The Bertz CT molecular complexity index is 766. The number of halogens is 1. The van der Waals surface area contributed by atoms with Gasteiger partial charge in [0.2, 0.25) is 17.6 Å². The van der Waals surface area contributed by atoms with Crippen molar-refractivity contribution in [3.8, 4) is 0 Å². The molecule has 0 unspecified atom stereocenters. The number of rotatable bonds is 2. The molecule has 106 valence electrons. The topological polar surface area (TPSA) is 88.4 Å². The fraction of sp³-hybridized carbons (Fsp3) is 0.0714. The van der Waals surface area contributed by atoms with E-state index in [2.05, 4.69) is 26.6 Å². The molecule has 2 N–H and O–H groups in total. The quantitative estimate of drug-likeness (QED) is 0.644. The molecule has 0 atom stereocenters. The van der Waals surface area contributed by atoms with E-state index in [9.17, 15) is 14.4 Å². The Hall–Kier alpha value is -2.41. The van der Waals surface area contributed by atoms with Crippen molar-refractivity contribution in [1.82, 2.24) is 0 Å². The van der Waals surface area contributed by atoms with Gasteiger partial charge in [-0.3, -0.25) is 14.4 Å². The lowest BCUT2D eigenvalue weighted by Gasteiger charge is -2.08. The number of carbonyl (C=O) groups is 3. The highest BCUT2D eigenvalue weighted by Crippen LogP contribution is 2.27. The summed E-state index contributed by atoms with van der Waals surface area (Å²) in [4.78, 5) is 35.2. The molecule has 21 heavy (non-hydrogen) atoms. The van der Waals surface area contributed by atoms with Gasteiger partial charge in [-0.05, 0) is 46.3 Å². The highest BCUT2D eigenvalue weighted by molar-refractivity contribution is 9.10. The molecule has 0 radical (unpaired) electrons. The van der Waals surface area contributed by atoms with Gasteiger partial charge in [-0.15, -0.1) is 0 Å². The lowest BCUT2D eigenvalue weighted by molar-refractivity contribution is -0.123. The van der Waals surface area contributed by atoms with E-state index in [0.29, 0.717) is 21.6 Å². The van der Waals surface area contributed by atoms with Crippen LogP contribution in [0.3, 0.4) is 0 Å². The zero-order valence-corrected chi connectivity index (χ0v) is 12.2. The second kappa shape index (κ2) is 5.17. The molecule has 0 saturated carbocycles. The summed E-state index contributed by atoms with van der Waals surface area (Å²) in [5, 5.41) is 5.19. The molecule has 2 amide bonds. The van der Waals surface area contributed by atoms with Gasteiger partial charge in [-0.1, -0.05) is 0 Å². The van der Waals surface area contributed by atoms with Crippen molar-refractivity contribution in [3.63, 3.8) is 0 Å². The Morgan fingerprint density at radius 3 is 2.43 bits per heavy atom. The number of fused-ring (bicyclic) bond motifs is 1. The van der Waals surface area contributed by atoms with E-state index in [1.807, 2.05) is 0 Å². The molecule has 0 saturated heterocycles. The normalized spacial score (nSPS) is 14.0. The van der Waals surface area contributed by atoms with Gasteiger partial charge in [0.15, 0.2) is 10.4 Å². The van der Waals surface area contributed by atoms with Gasteiger partial charge < -0.3 is 15.1 Å². The highest BCUT2D eigenvalue weighted by Gasteiger charge is 2.20. The minimum Gasteiger partial charge on any atom is -0.446 e. The minimum atomic E-state index is -0.420. The van der Waals surface area contributed by atoms with Crippen molar-refractivity contribution in [1.29, 1.82) is 0 Å².